The normalized spacial score (nSPS) is 13.0. The fourth-order valence-corrected chi connectivity index (χ4v) is 2.56. The first kappa shape index (κ1) is 20.2. The minimum atomic E-state index is -0.389. The molecule has 1 aliphatic rings. The number of nitrogens with zero attached hydrogens (tertiary/aromatic N) is 1. The van der Waals surface area contributed by atoms with E-state index in [0.29, 0.717) is 28.3 Å². The number of nitrogens with one attached hydrogen (secondary N) is 2. The predicted octanol–water partition coefficient (Wildman–Crippen LogP) is 2.59. The van der Waals surface area contributed by atoms with E-state index in [-0.39, 0.29) is 24.5 Å². The second kappa shape index (κ2) is 9.59. The van der Waals surface area contributed by atoms with Crippen LogP contribution >= 0.6 is 0 Å². The third-order valence-electron chi connectivity index (χ3n) is 4.22. The molecule has 0 spiro atoms. The number of ether oxygens (including phenoxy) is 2. The number of oxime groups is 1. The summed E-state index contributed by atoms with van der Waals surface area (Å²) in [5.41, 5.74) is 1.67. The van der Waals surface area contributed by atoms with Gasteiger partial charge in [-0.3, -0.25) is 9.59 Å². The maximum atomic E-state index is 12.1. The summed E-state index contributed by atoms with van der Waals surface area (Å²) in [6.45, 7) is -0.277. The second-order valence-corrected chi connectivity index (χ2v) is 6.49. The van der Waals surface area contributed by atoms with Crippen LogP contribution in [0.25, 0.3) is 0 Å². The van der Waals surface area contributed by atoms with Gasteiger partial charge < -0.3 is 24.9 Å². The van der Waals surface area contributed by atoms with Crippen molar-refractivity contribution in [1.29, 1.82) is 0 Å². The zero-order valence-corrected chi connectivity index (χ0v) is 16.3. The molecule has 0 unspecified atom stereocenters. The lowest BCUT2D eigenvalue weighted by molar-refractivity contribution is -0.120. The molecule has 29 heavy (non-hydrogen) atoms. The molecule has 0 aromatic heterocycles. The standard InChI is InChI=1S/C21H23N3O5/c1-27-18-8-9-19(28-2)15(11-18)12-22-29-13-20(25)23-17-5-3-4-14(10-17)21(26)24-16-6-7-16/h3-5,8-12,16H,6-7,13H2,1-2H3,(H,23,25)(H,24,26)/b22-12+. The summed E-state index contributed by atoms with van der Waals surface area (Å²) >= 11 is 0. The van der Waals surface area contributed by atoms with E-state index in [1.807, 2.05) is 0 Å². The summed E-state index contributed by atoms with van der Waals surface area (Å²) in [5.74, 6) is 0.718. The molecule has 0 radical (unpaired) electrons. The molecule has 152 valence electrons. The number of carbonyl (C=O) groups is 2. The molecule has 0 atom stereocenters. The number of amides is 2. The van der Waals surface area contributed by atoms with E-state index in [0.717, 1.165) is 12.8 Å². The molecule has 8 nitrogen and oxygen atoms in total. The van der Waals surface area contributed by atoms with Gasteiger partial charge in [-0.25, -0.2) is 0 Å². The van der Waals surface area contributed by atoms with E-state index in [4.69, 9.17) is 14.3 Å². The summed E-state index contributed by atoms with van der Waals surface area (Å²) in [4.78, 5) is 29.2. The highest BCUT2D eigenvalue weighted by molar-refractivity contribution is 5.97. The highest BCUT2D eigenvalue weighted by Gasteiger charge is 2.23. The lowest BCUT2D eigenvalue weighted by atomic mass is 10.2. The number of benzene rings is 2. The number of rotatable bonds is 9. The van der Waals surface area contributed by atoms with Crippen LogP contribution in [0.3, 0.4) is 0 Å². The van der Waals surface area contributed by atoms with Crippen molar-refractivity contribution in [3.63, 3.8) is 0 Å². The molecule has 0 heterocycles. The van der Waals surface area contributed by atoms with Gasteiger partial charge in [0.25, 0.3) is 11.8 Å². The quantitative estimate of drug-likeness (QED) is 0.501. The Bertz CT molecular complexity index is 909. The molecule has 0 saturated heterocycles. The largest absolute Gasteiger partial charge is 0.497 e. The Morgan fingerprint density at radius 1 is 1.14 bits per heavy atom. The average Bonchev–Trinajstić information content (AvgIpc) is 3.55. The van der Waals surface area contributed by atoms with Crippen molar-refractivity contribution in [1.82, 2.24) is 5.32 Å². The molecule has 8 heteroatoms. The Morgan fingerprint density at radius 3 is 2.69 bits per heavy atom. The Hall–Kier alpha value is -3.55. The van der Waals surface area contributed by atoms with Crippen molar-refractivity contribution in [3.8, 4) is 11.5 Å². The first-order chi connectivity index (χ1) is 14.1. The number of hydrogen-bond acceptors (Lipinski definition) is 6. The van der Waals surface area contributed by atoms with Gasteiger partial charge in [0.05, 0.1) is 20.4 Å². The van der Waals surface area contributed by atoms with Crippen LogP contribution in [0.1, 0.15) is 28.8 Å². The molecule has 2 amide bonds. The number of anilines is 1. The van der Waals surface area contributed by atoms with Gasteiger partial charge in [0, 0.05) is 22.9 Å². The van der Waals surface area contributed by atoms with E-state index in [2.05, 4.69) is 15.8 Å². The van der Waals surface area contributed by atoms with Crippen molar-refractivity contribution < 1.29 is 23.9 Å². The van der Waals surface area contributed by atoms with Gasteiger partial charge in [0.15, 0.2) is 6.61 Å². The SMILES string of the molecule is COc1ccc(OC)c(/C=N/OCC(=O)Nc2cccc(C(=O)NC3CC3)c2)c1. The highest BCUT2D eigenvalue weighted by atomic mass is 16.6. The third kappa shape index (κ3) is 5.97. The van der Waals surface area contributed by atoms with E-state index in [9.17, 15) is 9.59 Å². The van der Waals surface area contributed by atoms with Gasteiger partial charge in [-0.05, 0) is 49.2 Å². The van der Waals surface area contributed by atoms with Crippen LogP contribution in [-0.4, -0.2) is 44.9 Å². The molecular formula is C21H23N3O5. The van der Waals surface area contributed by atoms with Crippen molar-refractivity contribution in [2.24, 2.45) is 5.16 Å². The molecular weight excluding hydrogens is 374 g/mol. The second-order valence-electron chi connectivity index (χ2n) is 6.49. The molecule has 3 rings (SSSR count). The summed E-state index contributed by atoms with van der Waals surface area (Å²) in [7, 11) is 3.11. The fourth-order valence-electron chi connectivity index (χ4n) is 2.56. The third-order valence-corrected chi connectivity index (χ3v) is 4.22. The zero-order chi connectivity index (χ0) is 20.6. The van der Waals surface area contributed by atoms with E-state index >= 15 is 0 Å². The van der Waals surface area contributed by atoms with Crippen molar-refractivity contribution in [3.05, 3.63) is 53.6 Å². The van der Waals surface area contributed by atoms with Crippen molar-refractivity contribution in [2.75, 3.05) is 26.1 Å². The first-order valence-electron chi connectivity index (χ1n) is 9.17. The van der Waals surface area contributed by atoms with Crippen LogP contribution in [0, 0.1) is 0 Å². The minimum Gasteiger partial charge on any atom is -0.497 e. The number of carbonyl (C=O) groups excluding carboxylic acids is 2. The van der Waals surface area contributed by atoms with Crippen LogP contribution in [0.2, 0.25) is 0 Å². The molecule has 0 aliphatic heterocycles. The predicted molar refractivity (Wildman–Crippen MR) is 109 cm³/mol. The van der Waals surface area contributed by atoms with Gasteiger partial charge in [0.2, 0.25) is 0 Å². The molecule has 1 saturated carbocycles. The van der Waals surface area contributed by atoms with Gasteiger partial charge in [0.1, 0.15) is 11.5 Å². The molecule has 0 bridgehead atoms. The maximum absolute atomic E-state index is 12.1. The van der Waals surface area contributed by atoms with Gasteiger partial charge in [-0.15, -0.1) is 0 Å². The van der Waals surface area contributed by atoms with E-state index in [1.54, 1.807) is 56.7 Å². The molecule has 2 N–H and O–H groups in total. The van der Waals surface area contributed by atoms with E-state index < -0.39 is 0 Å². The molecule has 1 aliphatic carbocycles. The Morgan fingerprint density at radius 2 is 1.97 bits per heavy atom. The van der Waals surface area contributed by atoms with Crippen LogP contribution in [-0.2, 0) is 9.63 Å². The fraction of sp³-hybridized carbons (Fsp3) is 0.286. The summed E-state index contributed by atoms with van der Waals surface area (Å²) in [6.07, 6.45) is 3.47. The Kier molecular flexibility index (Phi) is 6.67. The lowest BCUT2D eigenvalue weighted by Crippen LogP contribution is -2.25. The molecule has 2 aromatic rings. The van der Waals surface area contributed by atoms with Crippen LogP contribution in [0.4, 0.5) is 5.69 Å². The Balaban J connectivity index is 1.51. The van der Waals surface area contributed by atoms with Crippen molar-refractivity contribution in [2.45, 2.75) is 18.9 Å². The van der Waals surface area contributed by atoms with Gasteiger partial charge in [-0.1, -0.05) is 11.2 Å². The topological polar surface area (TPSA) is 98.2 Å². The monoisotopic (exact) mass is 397 g/mol. The van der Waals surface area contributed by atoms with Crippen LogP contribution < -0.4 is 20.1 Å². The number of methoxy groups -OCH3 is 2. The summed E-state index contributed by atoms with van der Waals surface area (Å²) in [5, 5.41) is 9.40. The highest BCUT2D eigenvalue weighted by Crippen LogP contribution is 2.22. The first-order valence-corrected chi connectivity index (χ1v) is 9.17. The van der Waals surface area contributed by atoms with E-state index in [1.165, 1.54) is 6.21 Å². The number of hydrogen-bond donors (Lipinski definition) is 2. The van der Waals surface area contributed by atoms with Gasteiger partial charge in [-0.2, -0.15) is 0 Å². The summed E-state index contributed by atoms with van der Waals surface area (Å²) < 4.78 is 10.4. The molecule has 2 aromatic carbocycles. The smallest absolute Gasteiger partial charge is 0.265 e. The summed E-state index contributed by atoms with van der Waals surface area (Å²) in [6, 6.07) is 12.3. The Labute approximate surface area is 168 Å². The lowest BCUT2D eigenvalue weighted by Gasteiger charge is -2.08. The van der Waals surface area contributed by atoms with Gasteiger partial charge >= 0.3 is 0 Å². The van der Waals surface area contributed by atoms with Crippen LogP contribution in [0.5, 0.6) is 11.5 Å². The molecule has 1 fully saturated rings. The van der Waals surface area contributed by atoms with Crippen molar-refractivity contribution >= 4 is 23.7 Å². The maximum Gasteiger partial charge on any atom is 0.265 e. The minimum absolute atomic E-state index is 0.142. The zero-order valence-electron chi connectivity index (χ0n) is 16.3. The average molecular weight is 397 g/mol. The van der Waals surface area contributed by atoms with Crippen LogP contribution in [0.15, 0.2) is 47.6 Å².